The number of nitrogens with zero attached hydrogens (tertiary/aromatic N) is 2. The van der Waals surface area contributed by atoms with E-state index in [-0.39, 0.29) is 12.0 Å². The number of rotatable bonds is 5. The molecule has 124 valence electrons. The molecule has 1 aromatic rings. The summed E-state index contributed by atoms with van der Waals surface area (Å²) >= 11 is 1.92. The molecule has 22 heavy (non-hydrogen) atoms. The predicted octanol–water partition coefficient (Wildman–Crippen LogP) is 3.03. The van der Waals surface area contributed by atoms with E-state index in [1.165, 1.54) is 9.75 Å². The maximum Gasteiger partial charge on any atom is 0.317 e. The van der Waals surface area contributed by atoms with Gasteiger partial charge in [0.05, 0.1) is 6.54 Å². The molecule has 0 spiro atoms. The van der Waals surface area contributed by atoms with Gasteiger partial charge in [-0.1, -0.05) is 20.8 Å². The fourth-order valence-electron chi connectivity index (χ4n) is 2.95. The molecule has 1 aliphatic heterocycles. The first-order valence-electron chi connectivity index (χ1n) is 7.99. The molecule has 1 aromatic heterocycles. The van der Waals surface area contributed by atoms with Gasteiger partial charge >= 0.3 is 5.97 Å². The van der Waals surface area contributed by atoms with Crippen molar-refractivity contribution in [3.63, 3.8) is 0 Å². The Hall–Kier alpha value is -0.910. The monoisotopic (exact) mass is 324 g/mol. The molecular weight excluding hydrogens is 296 g/mol. The molecule has 2 rings (SSSR count). The Morgan fingerprint density at radius 1 is 1.36 bits per heavy atom. The molecule has 0 aliphatic carbocycles. The summed E-state index contributed by atoms with van der Waals surface area (Å²) in [5, 5.41) is 8.88. The van der Waals surface area contributed by atoms with Crippen LogP contribution in [0.2, 0.25) is 0 Å². The van der Waals surface area contributed by atoms with Crippen LogP contribution < -0.4 is 0 Å². The van der Waals surface area contributed by atoms with E-state index < -0.39 is 5.97 Å². The number of likely N-dealkylation sites (N-methyl/N-ethyl adjacent to an activating group) is 1. The zero-order valence-electron chi connectivity index (χ0n) is 14.1. The molecule has 0 bridgehead atoms. The van der Waals surface area contributed by atoms with Crippen LogP contribution in [0, 0.1) is 0 Å². The van der Waals surface area contributed by atoms with Crippen LogP contribution in [0.4, 0.5) is 0 Å². The Bertz CT molecular complexity index is 499. The average Bonchev–Trinajstić information content (AvgIpc) is 2.87. The minimum Gasteiger partial charge on any atom is -0.480 e. The number of carboxylic acid groups (broad SMARTS) is 1. The molecule has 1 saturated heterocycles. The highest BCUT2D eigenvalue weighted by atomic mass is 32.1. The van der Waals surface area contributed by atoms with Gasteiger partial charge in [0.15, 0.2) is 0 Å². The van der Waals surface area contributed by atoms with Gasteiger partial charge in [-0.25, -0.2) is 0 Å². The van der Waals surface area contributed by atoms with Crippen molar-refractivity contribution in [3.8, 4) is 0 Å². The summed E-state index contributed by atoms with van der Waals surface area (Å²) in [6, 6.07) is 4.92. The Labute approximate surface area is 137 Å². The summed E-state index contributed by atoms with van der Waals surface area (Å²) in [5.74, 6) is -0.738. The predicted molar refractivity (Wildman–Crippen MR) is 91.6 cm³/mol. The van der Waals surface area contributed by atoms with E-state index in [9.17, 15) is 4.79 Å². The van der Waals surface area contributed by atoms with E-state index in [2.05, 4.69) is 37.8 Å². The van der Waals surface area contributed by atoms with E-state index in [1.807, 2.05) is 23.3 Å². The van der Waals surface area contributed by atoms with Gasteiger partial charge in [0, 0.05) is 35.4 Å². The normalized spacial score (nSPS) is 18.0. The van der Waals surface area contributed by atoms with Crippen molar-refractivity contribution in [3.05, 3.63) is 21.9 Å². The van der Waals surface area contributed by atoms with Crippen molar-refractivity contribution in [2.45, 2.75) is 51.6 Å². The second-order valence-electron chi connectivity index (χ2n) is 7.33. The number of carbonyl (C=O) groups is 1. The molecule has 0 unspecified atom stereocenters. The van der Waals surface area contributed by atoms with Gasteiger partial charge in [-0.15, -0.1) is 11.3 Å². The number of hydrogen-bond acceptors (Lipinski definition) is 4. The minimum absolute atomic E-state index is 0.143. The second kappa shape index (κ2) is 7.11. The van der Waals surface area contributed by atoms with Crippen LogP contribution in [0.5, 0.6) is 0 Å². The Balaban J connectivity index is 1.82. The molecule has 5 heteroatoms. The fraction of sp³-hybridized carbons (Fsp3) is 0.706. The average molecular weight is 324 g/mol. The lowest BCUT2D eigenvalue weighted by molar-refractivity contribution is -0.138. The molecule has 0 aromatic carbocycles. The van der Waals surface area contributed by atoms with E-state index >= 15 is 0 Å². The van der Waals surface area contributed by atoms with Crippen LogP contribution in [-0.4, -0.2) is 53.6 Å². The molecule has 2 heterocycles. The number of carboxylic acids is 1. The zero-order valence-corrected chi connectivity index (χ0v) is 14.9. The highest BCUT2D eigenvalue weighted by molar-refractivity contribution is 7.12. The van der Waals surface area contributed by atoms with Crippen molar-refractivity contribution >= 4 is 17.3 Å². The van der Waals surface area contributed by atoms with E-state index in [0.29, 0.717) is 6.04 Å². The van der Waals surface area contributed by atoms with Crippen molar-refractivity contribution in [1.82, 2.24) is 9.80 Å². The summed E-state index contributed by atoms with van der Waals surface area (Å²) in [7, 11) is 1.92. The first kappa shape index (κ1) is 17.4. The van der Waals surface area contributed by atoms with Crippen molar-refractivity contribution in [2.24, 2.45) is 0 Å². The fourth-order valence-corrected chi connectivity index (χ4v) is 4.05. The van der Waals surface area contributed by atoms with Gasteiger partial charge in [-0.05, 0) is 37.4 Å². The summed E-state index contributed by atoms with van der Waals surface area (Å²) in [4.78, 5) is 18.1. The van der Waals surface area contributed by atoms with E-state index in [4.69, 9.17) is 5.11 Å². The minimum atomic E-state index is -0.738. The van der Waals surface area contributed by atoms with Gasteiger partial charge in [-0.2, -0.15) is 0 Å². The maximum absolute atomic E-state index is 10.8. The van der Waals surface area contributed by atoms with Crippen LogP contribution in [0.25, 0.3) is 0 Å². The van der Waals surface area contributed by atoms with Gasteiger partial charge in [-0.3, -0.25) is 14.6 Å². The molecule has 1 N–H and O–H groups in total. The smallest absolute Gasteiger partial charge is 0.317 e. The third-order valence-electron chi connectivity index (χ3n) is 4.35. The lowest BCUT2D eigenvalue weighted by Gasteiger charge is -2.36. The van der Waals surface area contributed by atoms with Crippen molar-refractivity contribution in [1.29, 1.82) is 0 Å². The standard InChI is InChI=1S/C17H28N2O2S/c1-17(2,3)15-6-5-14(22-15)11-19-9-7-13(8-10-19)18(4)12-16(20)21/h5-6,13H,7-12H2,1-4H3,(H,20,21). The molecule has 1 fully saturated rings. The van der Waals surface area contributed by atoms with E-state index in [0.717, 1.165) is 32.5 Å². The topological polar surface area (TPSA) is 43.8 Å². The number of hydrogen-bond donors (Lipinski definition) is 1. The molecule has 0 amide bonds. The van der Waals surface area contributed by atoms with Gasteiger partial charge in [0.1, 0.15) is 0 Å². The SMILES string of the molecule is CN(CC(=O)O)C1CCN(Cc2ccc(C(C)(C)C)s2)CC1. The quantitative estimate of drug-likeness (QED) is 0.904. The lowest BCUT2D eigenvalue weighted by atomic mass is 9.95. The molecule has 4 nitrogen and oxygen atoms in total. The van der Waals surface area contributed by atoms with Gasteiger partial charge in [0.2, 0.25) is 0 Å². The highest BCUT2D eigenvalue weighted by Gasteiger charge is 2.24. The van der Waals surface area contributed by atoms with Gasteiger partial charge < -0.3 is 5.11 Å². The highest BCUT2D eigenvalue weighted by Crippen LogP contribution is 2.30. The van der Waals surface area contributed by atoms with Crippen molar-refractivity contribution < 1.29 is 9.90 Å². The van der Waals surface area contributed by atoms with Crippen LogP contribution in [-0.2, 0) is 16.8 Å². The number of piperidine rings is 1. The summed E-state index contributed by atoms with van der Waals surface area (Å²) in [5.41, 5.74) is 0.232. The lowest BCUT2D eigenvalue weighted by Crippen LogP contribution is -2.44. The van der Waals surface area contributed by atoms with Crippen molar-refractivity contribution in [2.75, 3.05) is 26.7 Å². The molecule has 0 saturated carbocycles. The van der Waals surface area contributed by atoms with Crippen LogP contribution in [0.1, 0.15) is 43.4 Å². The van der Waals surface area contributed by atoms with Crippen LogP contribution in [0.3, 0.4) is 0 Å². The molecular formula is C17H28N2O2S. The van der Waals surface area contributed by atoms with Crippen LogP contribution in [0.15, 0.2) is 12.1 Å². The third kappa shape index (κ3) is 4.80. The Morgan fingerprint density at radius 2 is 2.00 bits per heavy atom. The molecule has 1 aliphatic rings. The summed E-state index contributed by atoms with van der Waals surface area (Å²) in [6.07, 6.45) is 2.11. The summed E-state index contributed by atoms with van der Waals surface area (Å²) in [6.45, 7) is 10.0. The van der Waals surface area contributed by atoms with Crippen LogP contribution >= 0.6 is 11.3 Å². The second-order valence-corrected chi connectivity index (χ2v) is 8.50. The Morgan fingerprint density at radius 3 is 2.50 bits per heavy atom. The van der Waals surface area contributed by atoms with E-state index in [1.54, 1.807) is 0 Å². The molecule has 0 radical (unpaired) electrons. The first-order valence-corrected chi connectivity index (χ1v) is 8.81. The Kier molecular flexibility index (Phi) is 5.64. The number of thiophene rings is 1. The third-order valence-corrected chi connectivity index (χ3v) is 5.84. The summed E-state index contributed by atoms with van der Waals surface area (Å²) < 4.78 is 0. The number of aliphatic carboxylic acids is 1. The first-order chi connectivity index (χ1) is 10.3. The zero-order chi connectivity index (χ0) is 16.3. The number of likely N-dealkylation sites (tertiary alicyclic amines) is 1. The van der Waals surface area contributed by atoms with Gasteiger partial charge in [0.25, 0.3) is 0 Å². The largest absolute Gasteiger partial charge is 0.480 e. The molecule has 0 atom stereocenters. The maximum atomic E-state index is 10.8.